The molecule has 0 aliphatic carbocycles. The highest BCUT2D eigenvalue weighted by Crippen LogP contribution is 2.25. The molecule has 142 valence electrons. The topological polar surface area (TPSA) is 91.0 Å². The maximum absolute atomic E-state index is 13.5. The zero-order valence-corrected chi connectivity index (χ0v) is 16.1. The van der Waals surface area contributed by atoms with Crippen LogP contribution < -0.4 is 5.69 Å². The zero-order valence-electron chi connectivity index (χ0n) is 15.2. The van der Waals surface area contributed by atoms with Crippen molar-refractivity contribution in [3.05, 3.63) is 71.3 Å². The van der Waals surface area contributed by atoms with Crippen molar-refractivity contribution in [2.75, 3.05) is 0 Å². The lowest BCUT2D eigenvalue weighted by Gasteiger charge is -2.08. The highest BCUT2D eigenvalue weighted by Gasteiger charge is 2.29. The quantitative estimate of drug-likeness (QED) is 0.532. The summed E-state index contributed by atoms with van der Waals surface area (Å²) in [6.07, 6.45) is 1.50. The van der Waals surface area contributed by atoms with Crippen LogP contribution in [0.25, 0.3) is 21.9 Å². The maximum Gasteiger partial charge on any atom is 0.350 e. The van der Waals surface area contributed by atoms with Crippen molar-refractivity contribution in [3.63, 3.8) is 0 Å². The van der Waals surface area contributed by atoms with Gasteiger partial charge in [-0.15, -0.1) is 0 Å². The van der Waals surface area contributed by atoms with Crippen molar-refractivity contribution in [2.45, 2.75) is 18.7 Å². The smallest absolute Gasteiger partial charge is 0.274 e. The van der Waals surface area contributed by atoms with Crippen LogP contribution >= 0.6 is 0 Å². The molecule has 0 aliphatic heterocycles. The number of imidazole rings is 1. The second-order valence-electron chi connectivity index (χ2n) is 6.70. The fourth-order valence-electron chi connectivity index (χ4n) is 3.21. The van der Waals surface area contributed by atoms with Crippen LogP contribution in [0.3, 0.4) is 0 Å². The molecule has 0 saturated carbocycles. The van der Waals surface area contributed by atoms with Gasteiger partial charge in [0.1, 0.15) is 4.90 Å². The molecule has 0 N–H and O–H groups in total. The first kappa shape index (κ1) is 18.1. The molecule has 0 atom stereocenters. The van der Waals surface area contributed by atoms with Crippen molar-refractivity contribution in [1.29, 1.82) is 0 Å². The van der Waals surface area contributed by atoms with Gasteiger partial charge in [-0.25, -0.2) is 17.8 Å². The monoisotopic (exact) mass is 395 g/mol. The van der Waals surface area contributed by atoms with Crippen molar-refractivity contribution in [2.24, 2.45) is 5.92 Å². The number of hydrogen-bond donors (Lipinski definition) is 0. The van der Waals surface area contributed by atoms with E-state index in [1.165, 1.54) is 18.3 Å². The molecule has 4 rings (SSSR count). The van der Waals surface area contributed by atoms with E-state index in [1.54, 1.807) is 56.3 Å². The third-order valence-corrected chi connectivity index (χ3v) is 6.25. The Balaban J connectivity index is 2.11. The maximum atomic E-state index is 13.5. The number of hydrogen-bond acceptors (Lipinski definition) is 5. The largest absolute Gasteiger partial charge is 0.350 e. The SMILES string of the molecule is CC(C)C(=O)n1c(=O)n(S(=O)(=O)c2cccc3cccnc23)c2ccccc21. The number of benzene rings is 2. The van der Waals surface area contributed by atoms with Gasteiger partial charge in [0, 0.05) is 17.5 Å². The van der Waals surface area contributed by atoms with Crippen molar-refractivity contribution in [1.82, 2.24) is 13.5 Å². The van der Waals surface area contributed by atoms with Gasteiger partial charge < -0.3 is 0 Å². The summed E-state index contributed by atoms with van der Waals surface area (Å²) in [4.78, 5) is 29.8. The van der Waals surface area contributed by atoms with Gasteiger partial charge in [0.2, 0.25) is 5.91 Å². The highest BCUT2D eigenvalue weighted by molar-refractivity contribution is 7.90. The average molecular weight is 395 g/mol. The summed E-state index contributed by atoms with van der Waals surface area (Å²) in [5.74, 6) is -0.940. The average Bonchev–Trinajstić information content (AvgIpc) is 2.99. The minimum absolute atomic E-state index is 0.0902. The Morgan fingerprint density at radius 3 is 2.36 bits per heavy atom. The second-order valence-corrected chi connectivity index (χ2v) is 8.46. The number of pyridine rings is 1. The Hall–Kier alpha value is -3.26. The molecular formula is C20H17N3O4S. The number of para-hydroxylation sites is 3. The number of carbonyl (C=O) groups excluding carboxylic acids is 1. The molecule has 28 heavy (non-hydrogen) atoms. The molecule has 2 aromatic heterocycles. The van der Waals surface area contributed by atoms with E-state index in [0.29, 0.717) is 9.36 Å². The van der Waals surface area contributed by atoms with Crippen LogP contribution in [0, 0.1) is 5.92 Å². The molecule has 0 aliphatic rings. The van der Waals surface area contributed by atoms with Crippen molar-refractivity contribution in [3.8, 4) is 0 Å². The minimum atomic E-state index is -4.29. The molecule has 0 radical (unpaired) electrons. The molecule has 2 heterocycles. The van der Waals surface area contributed by atoms with Crippen LogP contribution in [0.1, 0.15) is 18.6 Å². The van der Waals surface area contributed by atoms with Crippen LogP contribution in [0.4, 0.5) is 0 Å². The number of carbonyl (C=O) groups is 1. The van der Waals surface area contributed by atoms with Crippen LogP contribution in [-0.2, 0) is 10.0 Å². The highest BCUT2D eigenvalue weighted by atomic mass is 32.2. The van der Waals surface area contributed by atoms with Gasteiger partial charge in [-0.3, -0.25) is 9.78 Å². The first-order chi connectivity index (χ1) is 13.3. The van der Waals surface area contributed by atoms with Gasteiger partial charge in [-0.2, -0.15) is 3.97 Å². The van der Waals surface area contributed by atoms with Crippen LogP contribution in [0.2, 0.25) is 0 Å². The van der Waals surface area contributed by atoms with E-state index in [9.17, 15) is 18.0 Å². The minimum Gasteiger partial charge on any atom is -0.274 e. The predicted molar refractivity (Wildman–Crippen MR) is 106 cm³/mol. The summed E-state index contributed by atoms with van der Waals surface area (Å²) in [6, 6.07) is 14.6. The van der Waals surface area contributed by atoms with E-state index < -0.39 is 27.5 Å². The summed E-state index contributed by atoms with van der Waals surface area (Å²) in [7, 11) is -4.29. The summed E-state index contributed by atoms with van der Waals surface area (Å²) in [6.45, 7) is 3.31. The van der Waals surface area contributed by atoms with Gasteiger partial charge in [-0.05, 0) is 24.3 Å². The van der Waals surface area contributed by atoms with E-state index in [-0.39, 0.29) is 21.4 Å². The third-order valence-electron chi connectivity index (χ3n) is 4.53. The first-order valence-corrected chi connectivity index (χ1v) is 10.1. The fourth-order valence-corrected chi connectivity index (χ4v) is 4.77. The van der Waals surface area contributed by atoms with E-state index in [4.69, 9.17) is 0 Å². The molecule has 2 aromatic carbocycles. The molecule has 4 aromatic rings. The standard InChI is InChI=1S/C20H17N3O4S/c1-13(2)19(24)22-15-9-3-4-10-16(15)23(20(22)25)28(26,27)17-11-5-7-14-8-6-12-21-18(14)17/h3-13H,1-2H3. The number of fused-ring (bicyclic) bond motifs is 2. The summed E-state index contributed by atoms with van der Waals surface area (Å²) < 4.78 is 28.6. The van der Waals surface area contributed by atoms with Crippen molar-refractivity contribution < 1.29 is 13.2 Å². The van der Waals surface area contributed by atoms with E-state index in [2.05, 4.69) is 4.98 Å². The van der Waals surface area contributed by atoms with Crippen LogP contribution in [0.5, 0.6) is 0 Å². The van der Waals surface area contributed by atoms with Gasteiger partial charge >= 0.3 is 5.69 Å². The Labute approximate surface area is 160 Å². The molecule has 0 fully saturated rings. The molecule has 0 saturated heterocycles. The summed E-state index contributed by atoms with van der Waals surface area (Å²) in [5, 5.41) is 0.638. The lowest BCUT2D eigenvalue weighted by atomic mass is 10.2. The third kappa shape index (κ3) is 2.56. The van der Waals surface area contributed by atoms with Crippen molar-refractivity contribution >= 4 is 37.9 Å². The first-order valence-electron chi connectivity index (χ1n) is 8.70. The lowest BCUT2D eigenvalue weighted by Crippen LogP contribution is -2.34. The molecule has 0 bridgehead atoms. The fraction of sp³-hybridized carbons (Fsp3) is 0.150. The molecular weight excluding hydrogens is 378 g/mol. The normalized spacial score (nSPS) is 12.1. The van der Waals surface area contributed by atoms with E-state index in [1.807, 2.05) is 0 Å². The molecule has 7 nitrogen and oxygen atoms in total. The molecule has 8 heteroatoms. The van der Waals surface area contributed by atoms with Crippen LogP contribution in [0.15, 0.2) is 70.5 Å². The summed E-state index contributed by atoms with van der Waals surface area (Å²) in [5.41, 5.74) is -0.242. The second kappa shape index (κ2) is 6.42. The summed E-state index contributed by atoms with van der Waals surface area (Å²) >= 11 is 0. The molecule has 0 unspecified atom stereocenters. The van der Waals surface area contributed by atoms with Gasteiger partial charge in [0.15, 0.2) is 0 Å². The molecule has 0 spiro atoms. The van der Waals surface area contributed by atoms with Crippen LogP contribution in [-0.4, -0.2) is 27.8 Å². The van der Waals surface area contributed by atoms with Gasteiger partial charge in [0.05, 0.1) is 16.6 Å². The Bertz CT molecular complexity index is 1390. The Kier molecular flexibility index (Phi) is 4.15. The van der Waals surface area contributed by atoms with Gasteiger partial charge in [0.25, 0.3) is 10.0 Å². The number of aromatic nitrogens is 3. The lowest BCUT2D eigenvalue weighted by molar-refractivity contribution is 0.0856. The number of nitrogens with zero attached hydrogens (tertiary/aromatic N) is 3. The predicted octanol–water partition coefficient (Wildman–Crippen LogP) is 2.88. The molecule has 0 amide bonds. The van der Waals surface area contributed by atoms with Gasteiger partial charge in [-0.1, -0.05) is 44.2 Å². The van der Waals surface area contributed by atoms with E-state index in [0.717, 1.165) is 4.57 Å². The Morgan fingerprint density at radius 1 is 0.964 bits per heavy atom. The van der Waals surface area contributed by atoms with E-state index >= 15 is 0 Å². The zero-order chi connectivity index (χ0) is 20.1. The Morgan fingerprint density at radius 2 is 1.64 bits per heavy atom. The number of rotatable bonds is 3.